The van der Waals surface area contributed by atoms with E-state index in [1.165, 1.54) is 6.08 Å². The second-order valence-corrected chi connectivity index (χ2v) is 2.63. The van der Waals surface area contributed by atoms with Crippen LogP contribution < -0.4 is 5.32 Å². The van der Waals surface area contributed by atoms with Crippen molar-refractivity contribution in [3.8, 4) is 0 Å². The molecule has 1 atom stereocenters. The van der Waals surface area contributed by atoms with Gasteiger partial charge < -0.3 is 5.32 Å². The summed E-state index contributed by atoms with van der Waals surface area (Å²) in [5, 5.41) is 3.36. The van der Waals surface area contributed by atoms with Crippen LogP contribution in [0.4, 0.5) is 0 Å². The highest BCUT2D eigenvalue weighted by atomic mass is 35.5. The molecule has 0 amide bonds. The summed E-state index contributed by atoms with van der Waals surface area (Å²) in [6.45, 7) is 0. The summed E-state index contributed by atoms with van der Waals surface area (Å²) in [7, 11) is 0. The van der Waals surface area contributed by atoms with E-state index in [9.17, 15) is 0 Å². The number of hydrogen-bond donors (Lipinski definition) is 1. The monoisotopic (exact) mass is 184 g/mol. The summed E-state index contributed by atoms with van der Waals surface area (Å²) in [6.07, 6.45) is 1.49. The fraction of sp³-hybridized carbons (Fsp3) is 0.250. The van der Waals surface area contributed by atoms with Crippen molar-refractivity contribution in [1.82, 2.24) is 5.32 Å². The lowest BCUT2D eigenvalue weighted by Gasteiger charge is -2.11. The first-order chi connectivity index (χ1) is 4.18. The standard InChI is InChI=1S/C4H3Cl3N2/c5-2-1-3(6)9-4(7)8-2/h1,4,8H. The van der Waals surface area contributed by atoms with Crippen molar-refractivity contribution in [1.29, 1.82) is 0 Å². The molecular weight excluding hydrogens is 182 g/mol. The van der Waals surface area contributed by atoms with E-state index >= 15 is 0 Å². The Morgan fingerprint density at radius 3 is 2.67 bits per heavy atom. The molecule has 0 spiro atoms. The molecule has 2 nitrogen and oxygen atoms in total. The van der Waals surface area contributed by atoms with Crippen molar-refractivity contribution in [2.75, 3.05) is 0 Å². The molecule has 0 fully saturated rings. The number of alkyl halides is 1. The molecule has 9 heavy (non-hydrogen) atoms. The van der Waals surface area contributed by atoms with E-state index in [0.29, 0.717) is 10.3 Å². The third kappa shape index (κ3) is 2.05. The van der Waals surface area contributed by atoms with Gasteiger partial charge in [-0.2, -0.15) is 0 Å². The van der Waals surface area contributed by atoms with Gasteiger partial charge in [-0.25, -0.2) is 4.99 Å². The fourth-order valence-corrected chi connectivity index (χ4v) is 1.24. The summed E-state index contributed by atoms with van der Waals surface area (Å²) in [5.41, 5.74) is -0.532. The van der Waals surface area contributed by atoms with Crippen LogP contribution >= 0.6 is 34.8 Å². The Balaban J connectivity index is 2.74. The van der Waals surface area contributed by atoms with E-state index in [2.05, 4.69) is 10.3 Å². The quantitative estimate of drug-likeness (QED) is 0.452. The lowest BCUT2D eigenvalue weighted by Crippen LogP contribution is -2.23. The molecule has 0 aromatic rings. The molecule has 5 heteroatoms. The molecule has 0 aliphatic carbocycles. The SMILES string of the molecule is ClC1=CC(Cl)=NC(Cl)N1. The number of allylic oxidation sites excluding steroid dienone is 1. The topological polar surface area (TPSA) is 24.4 Å². The number of nitrogens with zero attached hydrogens (tertiary/aromatic N) is 1. The average Bonchev–Trinajstić information content (AvgIpc) is 1.59. The molecule has 0 aromatic heterocycles. The molecule has 0 saturated heterocycles. The van der Waals surface area contributed by atoms with Gasteiger partial charge in [0.2, 0.25) is 0 Å². The summed E-state index contributed by atoms with van der Waals surface area (Å²) in [5.74, 6) is 0. The van der Waals surface area contributed by atoms with Gasteiger partial charge in [-0.05, 0) is 0 Å². The molecule has 1 rings (SSSR count). The van der Waals surface area contributed by atoms with Crippen molar-refractivity contribution >= 4 is 40.0 Å². The van der Waals surface area contributed by atoms with E-state index in [1.54, 1.807) is 0 Å². The molecule has 1 heterocycles. The van der Waals surface area contributed by atoms with E-state index in [-0.39, 0.29) is 0 Å². The molecule has 50 valence electrons. The van der Waals surface area contributed by atoms with Crippen LogP contribution in [-0.4, -0.2) is 10.8 Å². The first-order valence-corrected chi connectivity index (χ1v) is 3.39. The first-order valence-electron chi connectivity index (χ1n) is 2.19. The Hall–Kier alpha value is 0.0800. The Morgan fingerprint density at radius 2 is 2.22 bits per heavy atom. The highest BCUT2D eigenvalue weighted by Crippen LogP contribution is 2.10. The van der Waals surface area contributed by atoms with Gasteiger partial charge in [0.1, 0.15) is 10.3 Å². The van der Waals surface area contributed by atoms with E-state index < -0.39 is 5.62 Å². The molecule has 0 saturated carbocycles. The summed E-state index contributed by atoms with van der Waals surface area (Å²) in [6, 6.07) is 0. The van der Waals surface area contributed by atoms with Gasteiger partial charge in [0.15, 0.2) is 5.62 Å². The van der Waals surface area contributed by atoms with E-state index in [4.69, 9.17) is 34.8 Å². The number of nitrogens with one attached hydrogen (secondary N) is 1. The number of hydrogen-bond acceptors (Lipinski definition) is 2. The average molecular weight is 185 g/mol. The van der Waals surface area contributed by atoms with Crippen LogP contribution in [0.3, 0.4) is 0 Å². The maximum absolute atomic E-state index is 5.51. The van der Waals surface area contributed by atoms with Crippen LogP contribution in [0.1, 0.15) is 0 Å². The van der Waals surface area contributed by atoms with E-state index in [1.807, 2.05) is 0 Å². The minimum absolute atomic E-state index is 0.318. The highest BCUT2D eigenvalue weighted by molar-refractivity contribution is 6.69. The first kappa shape index (κ1) is 7.19. The van der Waals surface area contributed by atoms with Gasteiger partial charge in [0.05, 0.1) is 0 Å². The zero-order valence-electron chi connectivity index (χ0n) is 4.24. The second-order valence-electron chi connectivity index (χ2n) is 1.42. The largest absolute Gasteiger partial charge is 0.342 e. The van der Waals surface area contributed by atoms with Crippen LogP contribution in [0.25, 0.3) is 0 Å². The molecular formula is C4H3Cl3N2. The van der Waals surface area contributed by atoms with Gasteiger partial charge in [-0.15, -0.1) is 0 Å². The van der Waals surface area contributed by atoms with Crippen molar-refractivity contribution in [3.63, 3.8) is 0 Å². The fourth-order valence-electron chi connectivity index (χ4n) is 0.438. The van der Waals surface area contributed by atoms with Gasteiger partial charge in [0, 0.05) is 6.08 Å². The molecule has 0 aromatic carbocycles. The Morgan fingerprint density at radius 1 is 1.56 bits per heavy atom. The minimum Gasteiger partial charge on any atom is -0.342 e. The van der Waals surface area contributed by atoms with Crippen LogP contribution in [0.5, 0.6) is 0 Å². The van der Waals surface area contributed by atoms with Crippen molar-refractivity contribution in [3.05, 3.63) is 11.2 Å². The summed E-state index contributed by atoms with van der Waals surface area (Å²) < 4.78 is 0. The number of aliphatic imine (C=N–C) groups is 1. The number of halogens is 3. The maximum Gasteiger partial charge on any atom is 0.197 e. The highest BCUT2D eigenvalue weighted by Gasteiger charge is 2.08. The molecule has 0 bridgehead atoms. The third-order valence-electron chi connectivity index (χ3n) is 0.739. The van der Waals surface area contributed by atoms with Crippen LogP contribution in [0.15, 0.2) is 16.2 Å². The number of rotatable bonds is 0. The molecule has 1 aliphatic rings. The van der Waals surface area contributed by atoms with Gasteiger partial charge in [-0.3, -0.25) is 0 Å². The Kier molecular flexibility index (Phi) is 2.22. The second kappa shape index (κ2) is 2.78. The van der Waals surface area contributed by atoms with Gasteiger partial charge in [-0.1, -0.05) is 34.8 Å². The lowest BCUT2D eigenvalue weighted by molar-refractivity contribution is 0.790. The van der Waals surface area contributed by atoms with Crippen molar-refractivity contribution < 1.29 is 0 Å². The lowest BCUT2D eigenvalue weighted by atomic mass is 10.6. The van der Waals surface area contributed by atoms with Crippen molar-refractivity contribution in [2.24, 2.45) is 4.99 Å². The zero-order valence-corrected chi connectivity index (χ0v) is 6.50. The molecule has 1 aliphatic heterocycles. The van der Waals surface area contributed by atoms with Gasteiger partial charge in [0.25, 0.3) is 0 Å². The molecule has 1 unspecified atom stereocenters. The summed E-state index contributed by atoms with van der Waals surface area (Å²) in [4.78, 5) is 3.71. The molecule has 0 radical (unpaired) electrons. The normalized spacial score (nSPS) is 26.3. The predicted molar refractivity (Wildman–Crippen MR) is 40.0 cm³/mol. The van der Waals surface area contributed by atoms with Crippen LogP contribution in [-0.2, 0) is 0 Å². The summed E-state index contributed by atoms with van der Waals surface area (Å²) >= 11 is 16.5. The smallest absolute Gasteiger partial charge is 0.197 e. The Bertz CT molecular complexity index is 175. The third-order valence-corrected chi connectivity index (χ3v) is 1.37. The van der Waals surface area contributed by atoms with Crippen LogP contribution in [0.2, 0.25) is 0 Å². The minimum atomic E-state index is -0.532. The van der Waals surface area contributed by atoms with Crippen LogP contribution in [0, 0.1) is 0 Å². The zero-order chi connectivity index (χ0) is 6.85. The molecule has 1 N–H and O–H groups in total. The van der Waals surface area contributed by atoms with E-state index in [0.717, 1.165) is 0 Å². The Labute approximate surface area is 67.5 Å². The van der Waals surface area contributed by atoms with Gasteiger partial charge >= 0.3 is 0 Å². The maximum atomic E-state index is 5.51. The predicted octanol–water partition coefficient (Wildman–Crippen LogP) is 1.83. The van der Waals surface area contributed by atoms with Crippen molar-refractivity contribution in [2.45, 2.75) is 5.62 Å².